The van der Waals surface area contributed by atoms with Crippen LogP contribution in [0.5, 0.6) is 0 Å². The molecular weight excluding hydrogens is 455 g/mol. The minimum Gasteiger partial charge on any atom is -0.462 e. The maximum absolute atomic E-state index is 13.7. The van der Waals surface area contributed by atoms with Crippen molar-refractivity contribution in [3.8, 4) is 0 Å². The van der Waals surface area contributed by atoms with Gasteiger partial charge in [-0.25, -0.2) is 14.0 Å². The molecule has 0 radical (unpaired) electrons. The molecule has 0 unspecified atom stereocenters. The van der Waals surface area contributed by atoms with Gasteiger partial charge in [-0.1, -0.05) is 72.8 Å². The summed E-state index contributed by atoms with van der Waals surface area (Å²) in [6.07, 6.45) is 0. The lowest BCUT2D eigenvalue weighted by atomic mass is 9.96. The molecule has 0 atom stereocenters. The lowest BCUT2D eigenvalue weighted by Crippen LogP contribution is -2.38. The van der Waals surface area contributed by atoms with Crippen molar-refractivity contribution in [1.29, 1.82) is 0 Å². The third-order valence-corrected chi connectivity index (χ3v) is 5.72. The van der Waals surface area contributed by atoms with Gasteiger partial charge in [0.15, 0.2) is 0 Å². The molecule has 5 nitrogen and oxygen atoms in total. The minimum absolute atomic E-state index is 0.251. The Morgan fingerprint density at radius 3 is 1.89 bits per heavy atom. The summed E-state index contributed by atoms with van der Waals surface area (Å²) in [5, 5.41) is 2.95. The molecule has 0 spiro atoms. The van der Waals surface area contributed by atoms with Gasteiger partial charge in [0.2, 0.25) is 0 Å². The molecule has 4 aromatic carbocycles. The van der Waals surface area contributed by atoms with Crippen LogP contribution in [0.1, 0.15) is 40.0 Å². The Kier molecular flexibility index (Phi) is 8.08. The van der Waals surface area contributed by atoms with Gasteiger partial charge in [-0.15, -0.1) is 0 Å². The van der Waals surface area contributed by atoms with E-state index >= 15 is 0 Å². The van der Waals surface area contributed by atoms with Gasteiger partial charge < -0.3 is 15.0 Å². The molecule has 0 heterocycles. The van der Waals surface area contributed by atoms with Crippen LogP contribution in [0.25, 0.3) is 0 Å². The van der Waals surface area contributed by atoms with Crippen LogP contribution in [0.2, 0.25) is 0 Å². The standard InChI is InChI=1S/C30H27FN2O3/c1-2-36-29(34)25-15-19-27(20-16-25)32-30(35)33(21-22-13-17-26(31)18-14-22)28(23-9-5-3-6-10-23)24-11-7-4-8-12-24/h3-20,28H,2,21H2,1H3,(H,32,35). The highest BCUT2D eigenvalue weighted by molar-refractivity contribution is 5.92. The maximum Gasteiger partial charge on any atom is 0.338 e. The number of carbonyl (C=O) groups is 2. The monoisotopic (exact) mass is 482 g/mol. The topological polar surface area (TPSA) is 58.6 Å². The number of ether oxygens (including phenoxy) is 1. The molecule has 0 aliphatic carbocycles. The Balaban J connectivity index is 1.68. The molecular formula is C30H27FN2O3. The Morgan fingerprint density at radius 1 is 0.806 bits per heavy atom. The number of nitrogens with one attached hydrogen (secondary N) is 1. The van der Waals surface area contributed by atoms with E-state index in [9.17, 15) is 14.0 Å². The number of nitrogens with zero attached hydrogens (tertiary/aromatic N) is 1. The predicted octanol–water partition coefficient (Wildman–Crippen LogP) is 6.83. The van der Waals surface area contributed by atoms with Gasteiger partial charge in [0.25, 0.3) is 0 Å². The van der Waals surface area contributed by atoms with E-state index in [0.29, 0.717) is 11.3 Å². The summed E-state index contributed by atoms with van der Waals surface area (Å²) in [6, 6.07) is 31.5. The molecule has 2 amide bonds. The number of benzene rings is 4. The van der Waals surface area contributed by atoms with E-state index in [1.54, 1.807) is 48.2 Å². The average Bonchev–Trinajstić information content (AvgIpc) is 2.91. The predicted molar refractivity (Wildman–Crippen MR) is 138 cm³/mol. The smallest absolute Gasteiger partial charge is 0.338 e. The Morgan fingerprint density at radius 2 is 1.36 bits per heavy atom. The lowest BCUT2D eigenvalue weighted by Gasteiger charge is -2.33. The second kappa shape index (κ2) is 11.8. The first-order valence-electron chi connectivity index (χ1n) is 11.7. The molecule has 182 valence electrons. The maximum atomic E-state index is 13.7. The van der Waals surface area contributed by atoms with Crippen molar-refractivity contribution in [2.24, 2.45) is 0 Å². The van der Waals surface area contributed by atoms with Gasteiger partial charge in [-0.05, 0) is 60.0 Å². The van der Waals surface area contributed by atoms with Crippen LogP contribution in [0.4, 0.5) is 14.9 Å². The van der Waals surface area contributed by atoms with Gasteiger partial charge in [-0.2, -0.15) is 0 Å². The van der Waals surface area contributed by atoms with E-state index < -0.39 is 12.0 Å². The summed E-state index contributed by atoms with van der Waals surface area (Å²) in [6.45, 7) is 2.29. The number of hydrogen-bond donors (Lipinski definition) is 1. The Bertz CT molecular complexity index is 1240. The number of carbonyl (C=O) groups excluding carboxylic acids is 2. The SMILES string of the molecule is CCOC(=O)c1ccc(NC(=O)N(Cc2ccc(F)cc2)C(c2ccccc2)c2ccccc2)cc1. The summed E-state index contributed by atoms with van der Waals surface area (Å²) >= 11 is 0. The van der Waals surface area contributed by atoms with E-state index in [-0.39, 0.29) is 25.0 Å². The van der Waals surface area contributed by atoms with Crippen molar-refractivity contribution in [2.75, 3.05) is 11.9 Å². The molecule has 0 fully saturated rings. The molecule has 0 saturated carbocycles. The molecule has 0 aromatic heterocycles. The van der Waals surface area contributed by atoms with Crippen molar-refractivity contribution >= 4 is 17.7 Å². The van der Waals surface area contributed by atoms with Crippen molar-refractivity contribution in [3.63, 3.8) is 0 Å². The van der Waals surface area contributed by atoms with Crippen LogP contribution >= 0.6 is 0 Å². The number of amides is 2. The summed E-state index contributed by atoms with van der Waals surface area (Å²) in [4.78, 5) is 27.4. The normalized spacial score (nSPS) is 10.6. The Hall–Kier alpha value is -4.45. The van der Waals surface area contributed by atoms with Crippen LogP contribution in [-0.4, -0.2) is 23.5 Å². The summed E-state index contributed by atoms with van der Waals surface area (Å²) in [5.74, 6) is -0.749. The molecule has 0 saturated heterocycles. The van der Waals surface area contributed by atoms with E-state index in [1.165, 1.54) is 12.1 Å². The van der Waals surface area contributed by atoms with Crippen molar-refractivity contribution in [2.45, 2.75) is 19.5 Å². The summed E-state index contributed by atoms with van der Waals surface area (Å²) < 4.78 is 18.6. The number of rotatable bonds is 8. The number of halogens is 1. The van der Waals surface area contributed by atoms with Crippen molar-refractivity contribution in [1.82, 2.24) is 4.90 Å². The first-order chi connectivity index (χ1) is 17.5. The van der Waals surface area contributed by atoms with Crippen LogP contribution in [0, 0.1) is 5.82 Å². The number of urea groups is 1. The van der Waals surface area contributed by atoms with Crippen LogP contribution in [0.15, 0.2) is 109 Å². The second-order valence-corrected chi connectivity index (χ2v) is 8.21. The fourth-order valence-corrected chi connectivity index (χ4v) is 3.99. The lowest BCUT2D eigenvalue weighted by molar-refractivity contribution is 0.0526. The van der Waals surface area contributed by atoms with E-state index in [4.69, 9.17) is 4.74 Å². The molecule has 4 rings (SSSR count). The number of hydrogen-bond acceptors (Lipinski definition) is 3. The fourth-order valence-electron chi connectivity index (χ4n) is 3.99. The van der Waals surface area contributed by atoms with Gasteiger partial charge in [0.05, 0.1) is 18.2 Å². The highest BCUT2D eigenvalue weighted by atomic mass is 19.1. The molecule has 36 heavy (non-hydrogen) atoms. The highest BCUT2D eigenvalue weighted by Crippen LogP contribution is 2.31. The van der Waals surface area contributed by atoms with Crippen LogP contribution < -0.4 is 5.32 Å². The van der Waals surface area contributed by atoms with E-state index in [0.717, 1.165) is 16.7 Å². The highest BCUT2D eigenvalue weighted by Gasteiger charge is 2.27. The molecule has 6 heteroatoms. The van der Waals surface area contributed by atoms with Crippen molar-refractivity contribution < 1.29 is 18.7 Å². The van der Waals surface area contributed by atoms with Crippen LogP contribution in [-0.2, 0) is 11.3 Å². The third-order valence-electron chi connectivity index (χ3n) is 5.72. The minimum atomic E-state index is -0.415. The molecule has 0 bridgehead atoms. The van der Waals surface area contributed by atoms with Crippen molar-refractivity contribution in [3.05, 3.63) is 137 Å². The van der Waals surface area contributed by atoms with Gasteiger partial charge in [-0.3, -0.25) is 0 Å². The Labute approximate surface area is 210 Å². The van der Waals surface area contributed by atoms with Crippen LogP contribution in [0.3, 0.4) is 0 Å². The number of anilines is 1. The first kappa shape index (κ1) is 24.7. The quantitative estimate of drug-likeness (QED) is 0.280. The van der Waals surface area contributed by atoms with Gasteiger partial charge in [0, 0.05) is 12.2 Å². The molecule has 0 aliphatic heterocycles. The summed E-state index contributed by atoms with van der Waals surface area (Å²) in [7, 11) is 0. The van der Waals surface area contributed by atoms with Gasteiger partial charge in [0.1, 0.15) is 5.82 Å². The van der Waals surface area contributed by atoms with E-state index in [2.05, 4.69) is 5.32 Å². The second-order valence-electron chi connectivity index (χ2n) is 8.21. The van der Waals surface area contributed by atoms with Gasteiger partial charge >= 0.3 is 12.0 Å². The molecule has 4 aromatic rings. The number of esters is 1. The average molecular weight is 483 g/mol. The molecule has 0 aliphatic rings. The largest absolute Gasteiger partial charge is 0.462 e. The first-order valence-corrected chi connectivity index (χ1v) is 11.7. The summed E-state index contributed by atoms with van der Waals surface area (Å²) in [5.41, 5.74) is 3.62. The zero-order valence-electron chi connectivity index (χ0n) is 19.9. The zero-order valence-corrected chi connectivity index (χ0v) is 19.9. The molecule has 1 N–H and O–H groups in total. The fraction of sp³-hybridized carbons (Fsp3) is 0.133. The van der Waals surface area contributed by atoms with E-state index in [1.807, 2.05) is 60.7 Å². The zero-order chi connectivity index (χ0) is 25.3. The third kappa shape index (κ3) is 6.16.